The quantitative estimate of drug-likeness (QED) is 0.585. The second-order valence-electron chi connectivity index (χ2n) is 5.59. The van der Waals surface area contributed by atoms with E-state index in [2.05, 4.69) is 15.5 Å². The Kier molecular flexibility index (Phi) is 6.19. The Morgan fingerprint density at radius 2 is 1.89 bits per heavy atom. The monoisotopic (exact) mass is 409 g/mol. The molecule has 146 valence electrons. The van der Waals surface area contributed by atoms with Crippen LogP contribution in [0.3, 0.4) is 0 Å². The minimum absolute atomic E-state index is 0.0756. The second kappa shape index (κ2) is 8.79. The third-order valence-electron chi connectivity index (χ3n) is 3.43. The number of rotatable bonds is 7. The second-order valence-corrected chi connectivity index (χ2v) is 6.51. The number of nitrogens with zero attached hydrogens (tertiary/aromatic N) is 2. The van der Waals surface area contributed by atoms with Crippen molar-refractivity contribution in [2.24, 2.45) is 0 Å². The van der Waals surface area contributed by atoms with Crippen molar-refractivity contribution < 1.29 is 27.1 Å². The Labute approximate surface area is 162 Å². The molecule has 0 bridgehead atoms. The first-order valence-electron chi connectivity index (χ1n) is 8.04. The van der Waals surface area contributed by atoms with Crippen molar-refractivity contribution in [1.82, 2.24) is 10.2 Å². The molecule has 10 heteroatoms. The summed E-state index contributed by atoms with van der Waals surface area (Å²) in [5.74, 6) is -2.33. The van der Waals surface area contributed by atoms with Crippen molar-refractivity contribution >= 4 is 23.4 Å². The average molecular weight is 409 g/mol. The lowest BCUT2D eigenvalue weighted by Crippen LogP contribution is -2.14. The first kappa shape index (κ1) is 19.7. The summed E-state index contributed by atoms with van der Waals surface area (Å²) in [6, 6.07) is 8.54. The fourth-order valence-electron chi connectivity index (χ4n) is 2.11. The van der Waals surface area contributed by atoms with Crippen LogP contribution in [-0.4, -0.2) is 21.9 Å². The van der Waals surface area contributed by atoms with Gasteiger partial charge in [0.1, 0.15) is 11.6 Å². The Bertz CT molecular complexity index is 966. The lowest BCUT2D eigenvalue weighted by atomic mass is 10.3. The number of nitrogens with one attached hydrogen (secondary N) is 1. The Morgan fingerprint density at radius 1 is 1.14 bits per heavy atom. The van der Waals surface area contributed by atoms with Crippen molar-refractivity contribution in [2.75, 3.05) is 11.1 Å². The summed E-state index contributed by atoms with van der Waals surface area (Å²) in [5, 5.41) is 10.2. The molecular formula is C18H14F3N3O3S. The SMILES string of the molecule is C[C@@H](Oc1ccc(F)cc1)c1nnc(SCC(=O)Nc2ccc(F)c(F)c2)o1. The molecule has 1 N–H and O–H groups in total. The molecule has 2 aromatic carbocycles. The first-order valence-corrected chi connectivity index (χ1v) is 9.02. The third-order valence-corrected chi connectivity index (χ3v) is 4.24. The van der Waals surface area contributed by atoms with E-state index in [-0.39, 0.29) is 28.4 Å². The fourth-order valence-corrected chi connectivity index (χ4v) is 2.68. The smallest absolute Gasteiger partial charge is 0.277 e. The van der Waals surface area contributed by atoms with Crippen LogP contribution in [0, 0.1) is 17.5 Å². The third kappa shape index (κ3) is 5.26. The van der Waals surface area contributed by atoms with Gasteiger partial charge in [-0.2, -0.15) is 0 Å². The minimum atomic E-state index is -1.05. The van der Waals surface area contributed by atoms with E-state index in [0.29, 0.717) is 5.75 Å². The maximum Gasteiger partial charge on any atom is 0.277 e. The lowest BCUT2D eigenvalue weighted by Gasteiger charge is -2.10. The van der Waals surface area contributed by atoms with E-state index in [1.54, 1.807) is 6.92 Å². The molecular weight excluding hydrogens is 395 g/mol. The summed E-state index contributed by atoms with van der Waals surface area (Å²) in [4.78, 5) is 11.9. The standard InChI is InChI=1S/C18H14F3N3O3S/c1-10(26-13-5-2-11(19)3-6-13)17-23-24-18(27-17)28-9-16(25)22-12-4-7-14(20)15(21)8-12/h2-8,10H,9H2,1H3,(H,22,25)/t10-/m1/s1. The predicted octanol–water partition coefficient (Wildman–Crippen LogP) is 4.36. The van der Waals surface area contributed by atoms with E-state index in [9.17, 15) is 18.0 Å². The summed E-state index contributed by atoms with van der Waals surface area (Å²) < 4.78 is 49.9. The van der Waals surface area contributed by atoms with Gasteiger partial charge in [0.25, 0.3) is 11.1 Å². The van der Waals surface area contributed by atoms with Crippen LogP contribution in [0.5, 0.6) is 5.75 Å². The van der Waals surface area contributed by atoms with Gasteiger partial charge in [-0.25, -0.2) is 13.2 Å². The van der Waals surface area contributed by atoms with Gasteiger partial charge in [-0.15, -0.1) is 10.2 Å². The van der Waals surface area contributed by atoms with Crippen LogP contribution in [0.1, 0.15) is 18.9 Å². The molecule has 0 spiro atoms. The summed E-state index contributed by atoms with van der Waals surface area (Å²) >= 11 is 0.976. The highest BCUT2D eigenvalue weighted by Gasteiger charge is 2.17. The molecule has 1 amide bonds. The Hall–Kier alpha value is -3.01. The number of thioether (sulfide) groups is 1. The van der Waals surface area contributed by atoms with Gasteiger partial charge < -0.3 is 14.5 Å². The number of amides is 1. The van der Waals surface area contributed by atoms with Crippen LogP contribution in [0.2, 0.25) is 0 Å². The molecule has 1 heterocycles. The number of hydrogen-bond acceptors (Lipinski definition) is 6. The van der Waals surface area contributed by atoms with Crippen LogP contribution >= 0.6 is 11.8 Å². The van der Waals surface area contributed by atoms with Gasteiger partial charge in [0.05, 0.1) is 5.75 Å². The highest BCUT2D eigenvalue weighted by atomic mass is 32.2. The summed E-state index contributed by atoms with van der Waals surface area (Å²) in [7, 11) is 0. The molecule has 0 radical (unpaired) electrons. The molecule has 1 aromatic heterocycles. The zero-order valence-corrected chi connectivity index (χ0v) is 15.3. The van der Waals surface area contributed by atoms with Gasteiger partial charge in [-0.1, -0.05) is 11.8 Å². The molecule has 0 aliphatic heterocycles. The van der Waals surface area contributed by atoms with Crippen molar-refractivity contribution in [3.8, 4) is 5.75 Å². The average Bonchev–Trinajstić information content (AvgIpc) is 3.14. The molecule has 0 fully saturated rings. The van der Waals surface area contributed by atoms with Crippen LogP contribution in [0.15, 0.2) is 52.1 Å². The van der Waals surface area contributed by atoms with E-state index < -0.39 is 23.6 Å². The normalized spacial score (nSPS) is 11.9. The zero-order chi connectivity index (χ0) is 20.1. The number of carbonyl (C=O) groups excluding carboxylic acids is 1. The molecule has 1 atom stereocenters. The number of carbonyl (C=O) groups is 1. The minimum Gasteiger partial charge on any atom is -0.481 e. The van der Waals surface area contributed by atoms with Gasteiger partial charge in [-0.3, -0.25) is 4.79 Å². The topological polar surface area (TPSA) is 77.2 Å². The summed E-state index contributed by atoms with van der Waals surface area (Å²) in [6.45, 7) is 1.68. The molecule has 0 saturated carbocycles. The lowest BCUT2D eigenvalue weighted by molar-refractivity contribution is -0.113. The number of ether oxygens (including phenoxy) is 1. The van der Waals surface area contributed by atoms with Gasteiger partial charge in [0, 0.05) is 11.8 Å². The van der Waals surface area contributed by atoms with Crippen molar-refractivity contribution in [3.05, 3.63) is 65.8 Å². The van der Waals surface area contributed by atoms with E-state index in [1.807, 2.05) is 0 Å². The maximum atomic E-state index is 13.1. The van der Waals surface area contributed by atoms with Gasteiger partial charge in [0.15, 0.2) is 17.7 Å². The van der Waals surface area contributed by atoms with Crippen molar-refractivity contribution in [3.63, 3.8) is 0 Å². The number of aromatic nitrogens is 2. The molecule has 0 aliphatic rings. The van der Waals surface area contributed by atoms with E-state index in [0.717, 1.165) is 23.9 Å². The number of hydrogen-bond donors (Lipinski definition) is 1. The van der Waals surface area contributed by atoms with Gasteiger partial charge in [0.2, 0.25) is 5.91 Å². The van der Waals surface area contributed by atoms with Crippen LogP contribution < -0.4 is 10.1 Å². The largest absolute Gasteiger partial charge is 0.481 e. The van der Waals surface area contributed by atoms with E-state index >= 15 is 0 Å². The molecule has 28 heavy (non-hydrogen) atoms. The van der Waals surface area contributed by atoms with Gasteiger partial charge >= 0.3 is 0 Å². The highest BCUT2D eigenvalue weighted by molar-refractivity contribution is 7.99. The maximum absolute atomic E-state index is 13.1. The molecule has 0 aliphatic carbocycles. The Balaban J connectivity index is 1.51. The fraction of sp³-hybridized carbons (Fsp3) is 0.167. The highest BCUT2D eigenvalue weighted by Crippen LogP contribution is 2.24. The number of halogens is 3. The van der Waals surface area contributed by atoms with Crippen molar-refractivity contribution in [1.29, 1.82) is 0 Å². The van der Waals surface area contributed by atoms with Crippen LogP contribution in [0.25, 0.3) is 0 Å². The molecule has 0 saturated heterocycles. The number of benzene rings is 2. The van der Waals surface area contributed by atoms with Gasteiger partial charge in [-0.05, 0) is 43.3 Å². The summed E-state index contributed by atoms with van der Waals surface area (Å²) in [5.41, 5.74) is 0.136. The summed E-state index contributed by atoms with van der Waals surface area (Å²) in [6.07, 6.45) is -0.580. The van der Waals surface area contributed by atoms with Crippen LogP contribution in [0.4, 0.5) is 18.9 Å². The molecule has 3 aromatic rings. The number of anilines is 1. The Morgan fingerprint density at radius 3 is 2.61 bits per heavy atom. The van der Waals surface area contributed by atoms with Crippen LogP contribution in [-0.2, 0) is 4.79 Å². The predicted molar refractivity (Wildman–Crippen MR) is 95.5 cm³/mol. The molecule has 6 nitrogen and oxygen atoms in total. The van der Waals surface area contributed by atoms with Crippen molar-refractivity contribution in [2.45, 2.75) is 18.3 Å². The molecule has 0 unspecified atom stereocenters. The first-order chi connectivity index (χ1) is 13.4. The zero-order valence-electron chi connectivity index (χ0n) is 14.5. The van der Waals surface area contributed by atoms with E-state index in [4.69, 9.17) is 9.15 Å². The molecule has 3 rings (SSSR count). The van der Waals surface area contributed by atoms with E-state index in [1.165, 1.54) is 30.3 Å².